The summed E-state index contributed by atoms with van der Waals surface area (Å²) in [5, 5.41) is 0. The number of benzene rings is 1. The van der Waals surface area contributed by atoms with Gasteiger partial charge in [-0.05, 0) is 81.2 Å². The molecule has 35 heavy (non-hydrogen) atoms. The quantitative estimate of drug-likeness (QED) is 0.590. The van der Waals surface area contributed by atoms with E-state index < -0.39 is 9.84 Å². The summed E-state index contributed by atoms with van der Waals surface area (Å²) in [6, 6.07) is 11.3. The number of rotatable bonds is 6. The minimum atomic E-state index is -3.20. The molecular weight excluding hydrogens is 462 g/mol. The lowest BCUT2D eigenvalue weighted by atomic mass is 9.98. The molecule has 0 unspecified atom stereocenters. The van der Waals surface area contributed by atoms with Gasteiger partial charge in [0.05, 0.1) is 10.6 Å². The fourth-order valence-electron chi connectivity index (χ4n) is 6.00. The second kappa shape index (κ2) is 9.90. The van der Waals surface area contributed by atoms with Crippen LogP contribution < -0.4 is 0 Å². The Labute approximate surface area is 208 Å². The number of carbonyl (C=O) groups is 1. The van der Waals surface area contributed by atoms with E-state index in [2.05, 4.69) is 23.0 Å². The molecular formula is C27H35N3O4S. The molecule has 2 heterocycles. The molecule has 0 N–H and O–H groups in total. The summed E-state index contributed by atoms with van der Waals surface area (Å²) in [6.45, 7) is 2.28. The van der Waals surface area contributed by atoms with Crippen molar-refractivity contribution in [3.05, 3.63) is 48.2 Å². The van der Waals surface area contributed by atoms with Crippen LogP contribution in [0.3, 0.4) is 0 Å². The fraction of sp³-hybridized carbons (Fsp3) is 0.556. The van der Waals surface area contributed by atoms with Gasteiger partial charge in [0.15, 0.2) is 9.84 Å². The van der Waals surface area contributed by atoms with E-state index >= 15 is 0 Å². The largest absolute Gasteiger partial charge is 0.446 e. The maximum Gasteiger partial charge on any atom is 0.410 e. The summed E-state index contributed by atoms with van der Waals surface area (Å²) >= 11 is 0. The van der Waals surface area contributed by atoms with Crippen molar-refractivity contribution in [1.82, 2.24) is 14.8 Å². The van der Waals surface area contributed by atoms with E-state index in [1.165, 1.54) is 25.5 Å². The number of fused-ring (bicyclic) bond motifs is 2. The highest BCUT2D eigenvalue weighted by Gasteiger charge is 2.42. The molecule has 8 heteroatoms. The summed E-state index contributed by atoms with van der Waals surface area (Å²) in [5.41, 5.74) is 2.84. The van der Waals surface area contributed by atoms with Gasteiger partial charge in [-0.15, -0.1) is 0 Å². The Hall–Kier alpha value is -2.45. The highest BCUT2D eigenvalue weighted by atomic mass is 32.2. The van der Waals surface area contributed by atoms with Crippen molar-refractivity contribution >= 4 is 15.9 Å². The first kappa shape index (κ1) is 24.3. The van der Waals surface area contributed by atoms with Crippen LogP contribution in [0.1, 0.15) is 44.1 Å². The molecule has 1 aromatic carbocycles. The lowest BCUT2D eigenvalue weighted by Crippen LogP contribution is -2.46. The van der Waals surface area contributed by atoms with E-state index in [1.54, 1.807) is 24.3 Å². The van der Waals surface area contributed by atoms with Crippen molar-refractivity contribution in [2.75, 3.05) is 26.4 Å². The number of likely N-dealkylation sites (tertiary alicyclic amines) is 1. The van der Waals surface area contributed by atoms with Crippen LogP contribution in [0.2, 0.25) is 0 Å². The van der Waals surface area contributed by atoms with Crippen LogP contribution in [-0.4, -0.2) is 67.8 Å². The van der Waals surface area contributed by atoms with E-state index in [-0.39, 0.29) is 12.2 Å². The molecule has 1 amide bonds. The predicted octanol–water partition coefficient (Wildman–Crippen LogP) is 4.37. The average Bonchev–Trinajstić information content (AvgIpc) is 3.48. The van der Waals surface area contributed by atoms with Crippen LogP contribution in [0.15, 0.2) is 47.5 Å². The lowest BCUT2D eigenvalue weighted by molar-refractivity contribution is 0.0265. The van der Waals surface area contributed by atoms with E-state index in [9.17, 15) is 13.2 Å². The zero-order valence-electron chi connectivity index (χ0n) is 20.6. The van der Waals surface area contributed by atoms with Gasteiger partial charge in [-0.25, -0.2) is 13.2 Å². The van der Waals surface area contributed by atoms with Crippen LogP contribution in [0, 0.1) is 11.8 Å². The second-order valence-electron chi connectivity index (χ2n) is 10.6. The van der Waals surface area contributed by atoms with Gasteiger partial charge in [0.1, 0.15) is 6.10 Å². The second-order valence-corrected chi connectivity index (χ2v) is 12.6. The summed E-state index contributed by atoms with van der Waals surface area (Å²) in [6.07, 6.45) is 9.86. The molecule has 1 saturated heterocycles. The maximum absolute atomic E-state index is 12.7. The maximum atomic E-state index is 12.7. The molecule has 2 aliphatic carbocycles. The Balaban J connectivity index is 1.10. The summed E-state index contributed by atoms with van der Waals surface area (Å²) < 4.78 is 29.2. The Bertz CT molecular complexity index is 1140. The zero-order valence-corrected chi connectivity index (χ0v) is 21.4. The van der Waals surface area contributed by atoms with Crippen molar-refractivity contribution in [3.8, 4) is 11.3 Å². The van der Waals surface area contributed by atoms with Gasteiger partial charge >= 0.3 is 6.09 Å². The van der Waals surface area contributed by atoms with Crippen molar-refractivity contribution in [2.24, 2.45) is 11.8 Å². The first-order valence-corrected chi connectivity index (χ1v) is 14.6. The smallest absolute Gasteiger partial charge is 0.410 e. The standard InChI is InChI=1S/C27H35N3O4S/c1-29(18-20-4-10-25(28-17-20)21-6-8-24(9-7-21)35(2,32)33)23-11-13-30(14-12-23)27(31)34-26-16-19-3-5-22(26)15-19/h4,6-10,17,19,22-23,26H,3,5,11-16,18H2,1-2H3/t19-,22-,26+/m0/s1. The fourth-order valence-corrected chi connectivity index (χ4v) is 6.63. The molecule has 3 atom stereocenters. The number of piperidine rings is 1. The van der Waals surface area contributed by atoms with Crippen LogP contribution in [0.5, 0.6) is 0 Å². The third kappa shape index (κ3) is 5.54. The third-order valence-electron chi connectivity index (χ3n) is 8.11. The SMILES string of the molecule is CN(Cc1ccc(-c2ccc(S(C)(=O)=O)cc2)nc1)C1CCN(C(=O)O[C@@H]2C[C@H]3CC[C@H]2C3)CC1. The number of sulfone groups is 1. The molecule has 188 valence electrons. The number of nitrogens with zero attached hydrogens (tertiary/aromatic N) is 3. The van der Waals surface area contributed by atoms with Gasteiger partial charge in [-0.1, -0.05) is 18.2 Å². The van der Waals surface area contributed by atoms with Crippen molar-refractivity contribution in [3.63, 3.8) is 0 Å². The van der Waals surface area contributed by atoms with E-state index in [4.69, 9.17) is 4.74 Å². The van der Waals surface area contributed by atoms with Gasteiger partial charge in [-0.3, -0.25) is 9.88 Å². The van der Waals surface area contributed by atoms with Gasteiger partial charge in [-0.2, -0.15) is 0 Å². The van der Waals surface area contributed by atoms with Crippen molar-refractivity contribution in [2.45, 2.75) is 62.1 Å². The summed E-state index contributed by atoms with van der Waals surface area (Å²) in [5.74, 6) is 1.38. The zero-order chi connectivity index (χ0) is 24.6. The van der Waals surface area contributed by atoms with E-state index in [0.29, 0.717) is 16.9 Å². The third-order valence-corrected chi connectivity index (χ3v) is 9.23. The first-order chi connectivity index (χ1) is 16.8. The summed E-state index contributed by atoms with van der Waals surface area (Å²) in [4.78, 5) is 21.8. The van der Waals surface area contributed by atoms with Crippen molar-refractivity contribution < 1.29 is 17.9 Å². The molecule has 2 saturated carbocycles. The molecule has 2 bridgehead atoms. The van der Waals surface area contributed by atoms with Crippen LogP contribution in [0.4, 0.5) is 4.79 Å². The van der Waals surface area contributed by atoms with E-state index in [0.717, 1.165) is 61.6 Å². The Morgan fingerprint density at radius 1 is 1.06 bits per heavy atom. The minimum Gasteiger partial charge on any atom is -0.446 e. The highest BCUT2D eigenvalue weighted by Crippen LogP contribution is 2.46. The molecule has 3 aliphatic rings. The molecule has 5 rings (SSSR count). The molecule has 1 aromatic heterocycles. The predicted molar refractivity (Wildman–Crippen MR) is 135 cm³/mol. The Kier molecular flexibility index (Phi) is 6.86. The van der Waals surface area contributed by atoms with Crippen LogP contribution >= 0.6 is 0 Å². The molecule has 2 aromatic rings. The normalized spacial score (nSPS) is 24.8. The average molecular weight is 498 g/mol. The molecule has 0 spiro atoms. The molecule has 1 aliphatic heterocycles. The number of pyridine rings is 1. The molecule has 7 nitrogen and oxygen atoms in total. The lowest BCUT2D eigenvalue weighted by Gasteiger charge is -2.37. The Morgan fingerprint density at radius 3 is 2.37 bits per heavy atom. The highest BCUT2D eigenvalue weighted by molar-refractivity contribution is 7.90. The Morgan fingerprint density at radius 2 is 1.80 bits per heavy atom. The van der Waals surface area contributed by atoms with Gasteiger partial charge in [0.25, 0.3) is 0 Å². The van der Waals surface area contributed by atoms with Crippen molar-refractivity contribution in [1.29, 1.82) is 0 Å². The van der Waals surface area contributed by atoms with Crippen LogP contribution in [-0.2, 0) is 21.1 Å². The first-order valence-electron chi connectivity index (χ1n) is 12.7. The molecule has 3 fully saturated rings. The van der Waals surface area contributed by atoms with Crippen LogP contribution in [0.25, 0.3) is 11.3 Å². The monoisotopic (exact) mass is 497 g/mol. The number of hydrogen-bond acceptors (Lipinski definition) is 6. The number of carbonyl (C=O) groups excluding carboxylic acids is 1. The topological polar surface area (TPSA) is 79.8 Å². The number of ether oxygens (including phenoxy) is 1. The van der Waals surface area contributed by atoms with E-state index in [1.807, 2.05) is 17.2 Å². The van der Waals surface area contributed by atoms with Gasteiger partial charge in [0, 0.05) is 43.7 Å². The number of hydrogen-bond donors (Lipinski definition) is 0. The summed E-state index contributed by atoms with van der Waals surface area (Å²) in [7, 11) is -1.07. The van der Waals surface area contributed by atoms with Gasteiger partial charge < -0.3 is 9.64 Å². The number of amides is 1. The minimum absolute atomic E-state index is 0.118. The number of aromatic nitrogens is 1. The molecule has 0 radical (unpaired) electrons. The van der Waals surface area contributed by atoms with Gasteiger partial charge in [0.2, 0.25) is 0 Å².